The SMILES string of the molecule is CCCCOOOC(=O)CC(C)(C)CC(C)C. The number of carbonyl (C=O) groups excluding carboxylic acids is 1. The van der Waals surface area contributed by atoms with Crippen LogP contribution in [-0.2, 0) is 19.6 Å². The van der Waals surface area contributed by atoms with Gasteiger partial charge in [0.15, 0.2) is 0 Å². The van der Waals surface area contributed by atoms with E-state index in [0.717, 1.165) is 19.3 Å². The van der Waals surface area contributed by atoms with Crippen LogP contribution in [0, 0.1) is 11.3 Å². The van der Waals surface area contributed by atoms with Gasteiger partial charge in [0.1, 0.15) is 0 Å². The Morgan fingerprint density at radius 1 is 1.29 bits per heavy atom. The second kappa shape index (κ2) is 8.48. The zero-order valence-electron chi connectivity index (χ0n) is 11.7. The number of hydrogen-bond acceptors (Lipinski definition) is 4. The molecule has 0 N–H and O–H groups in total. The largest absolute Gasteiger partial charge is 0.346 e. The predicted molar refractivity (Wildman–Crippen MR) is 65.9 cm³/mol. The van der Waals surface area contributed by atoms with Gasteiger partial charge in [-0.15, -0.1) is 0 Å². The van der Waals surface area contributed by atoms with Crippen molar-refractivity contribution in [3.63, 3.8) is 0 Å². The van der Waals surface area contributed by atoms with E-state index in [1.807, 2.05) is 20.8 Å². The van der Waals surface area contributed by atoms with Gasteiger partial charge in [-0.2, -0.15) is 4.89 Å². The van der Waals surface area contributed by atoms with Crippen LogP contribution in [0.15, 0.2) is 0 Å². The summed E-state index contributed by atoms with van der Waals surface area (Å²) in [4.78, 5) is 20.7. The number of hydrogen-bond donors (Lipinski definition) is 0. The van der Waals surface area contributed by atoms with Crippen LogP contribution in [0.2, 0.25) is 0 Å². The Hall–Kier alpha value is -0.610. The number of unbranched alkanes of at least 4 members (excludes halogenated alkanes) is 1. The third-order valence-electron chi connectivity index (χ3n) is 2.34. The summed E-state index contributed by atoms with van der Waals surface area (Å²) in [5.74, 6) is 0.173. The summed E-state index contributed by atoms with van der Waals surface area (Å²) in [5, 5.41) is 4.40. The first kappa shape index (κ1) is 16.4. The first-order valence-corrected chi connectivity index (χ1v) is 6.36. The molecule has 4 nitrogen and oxygen atoms in total. The van der Waals surface area contributed by atoms with E-state index in [0.29, 0.717) is 18.9 Å². The molecule has 0 atom stereocenters. The third-order valence-corrected chi connectivity index (χ3v) is 2.34. The van der Waals surface area contributed by atoms with Crippen LogP contribution < -0.4 is 0 Å². The summed E-state index contributed by atoms with van der Waals surface area (Å²) < 4.78 is 0. The lowest BCUT2D eigenvalue weighted by Gasteiger charge is -2.24. The average molecular weight is 246 g/mol. The van der Waals surface area contributed by atoms with Gasteiger partial charge < -0.3 is 0 Å². The molecule has 0 heterocycles. The van der Waals surface area contributed by atoms with Gasteiger partial charge in [0.05, 0.1) is 13.0 Å². The van der Waals surface area contributed by atoms with Crippen molar-refractivity contribution in [1.82, 2.24) is 0 Å². The summed E-state index contributed by atoms with van der Waals surface area (Å²) in [6, 6.07) is 0. The first-order chi connectivity index (χ1) is 7.87. The van der Waals surface area contributed by atoms with E-state index in [9.17, 15) is 4.79 Å². The Bertz CT molecular complexity index is 211. The van der Waals surface area contributed by atoms with Crippen molar-refractivity contribution in [2.75, 3.05) is 6.61 Å². The second-order valence-corrected chi connectivity index (χ2v) is 5.64. The lowest BCUT2D eigenvalue weighted by Crippen LogP contribution is -2.21. The van der Waals surface area contributed by atoms with Gasteiger partial charge in [-0.05, 0) is 29.2 Å². The first-order valence-electron chi connectivity index (χ1n) is 6.36. The Labute approximate surface area is 104 Å². The van der Waals surface area contributed by atoms with Gasteiger partial charge in [-0.3, -0.25) is 4.89 Å². The maximum atomic E-state index is 11.4. The van der Waals surface area contributed by atoms with Gasteiger partial charge in [-0.1, -0.05) is 41.0 Å². The molecule has 0 spiro atoms. The molecule has 0 aromatic carbocycles. The average Bonchev–Trinajstić information content (AvgIpc) is 2.14. The highest BCUT2D eigenvalue weighted by atomic mass is 17.5. The quantitative estimate of drug-likeness (QED) is 0.354. The van der Waals surface area contributed by atoms with Crippen molar-refractivity contribution in [3.8, 4) is 0 Å². The van der Waals surface area contributed by atoms with Crippen LogP contribution in [0.4, 0.5) is 0 Å². The zero-order valence-corrected chi connectivity index (χ0v) is 11.7. The minimum absolute atomic E-state index is 0.0714. The Morgan fingerprint density at radius 2 is 1.94 bits per heavy atom. The fraction of sp³-hybridized carbons (Fsp3) is 0.923. The third kappa shape index (κ3) is 10.3. The standard InChI is InChI=1S/C13H26O4/c1-6-7-8-15-17-16-12(14)10-13(4,5)9-11(2)3/h11H,6-10H2,1-5H3. The van der Waals surface area contributed by atoms with Crippen LogP contribution >= 0.6 is 0 Å². The van der Waals surface area contributed by atoms with Gasteiger partial charge in [0.2, 0.25) is 0 Å². The van der Waals surface area contributed by atoms with Crippen molar-refractivity contribution >= 4 is 5.97 Å². The fourth-order valence-corrected chi connectivity index (χ4v) is 1.90. The Kier molecular flexibility index (Phi) is 8.17. The van der Waals surface area contributed by atoms with Crippen molar-refractivity contribution in [2.24, 2.45) is 11.3 Å². The van der Waals surface area contributed by atoms with Crippen LogP contribution in [0.5, 0.6) is 0 Å². The normalized spacial score (nSPS) is 11.9. The summed E-state index contributed by atoms with van der Waals surface area (Å²) >= 11 is 0. The summed E-state index contributed by atoms with van der Waals surface area (Å²) in [5.41, 5.74) is -0.0714. The van der Waals surface area contributed by atoms with E-state index < -0.39 is 0 Å². The van der Waals surface area contributed by atoms with Crippen LogP contribution in [0.1, 0.15) is 60.3 Å². The van der Waals surface area contributed by atoms with E-state index in [1.54, 1.807) is 0 Å². The molecule has 0 bridgehead atoms. The second-order valence-electron chi connectivity index (χ2n) is 5.64. The monoisotopic (exact) mass is 246 g/mol. The number of carbonyl (C=O) groups is 1. The van der Waals surface area contributed by atoms with Crippen molar-refractivity contribution < 1.29 is 19.6 Å². The summed E-state index contributed by atoms with van der Waals surface area (Å²) in [6.07, 6.45) is 3.20. The van der Waals surface area contributed by atoms with Crippen molar-refractivity contribution in [1.29, 1.82) is 0 Å². The minimum Gasteiger partial charge on any atom is -0.269 e. The van der Waals surface area contributed by atoms with Crippen LogP contribution in [0.25, 0.3) is 0 Å². The molecule has 0 fully saturated rings. The van der Waals surface area contributed by atoms with E-state index in [1.165, 1.54) is 0 Å². The fourth-order valence-electron chi connectivity index (χ4n) is 1.90. The maximum absolute atomic E-state index is 11.4. The van der Waals surface area contributed by atoms with Crippen LogP contribution in [0.3, 0.4) is 0 Å². The Balaban J connectivity index is 3.70. The smallest absolute Gasteiger partial charge is 0.269 e. The number of rotatable bonds is 9. The molecule has 0 aliphatic rings. The lowest BCUT2D eigenvalue weighted by atomic mass is 9.81. The molecule has 0 aliphatic carbocycles. The molecule has 4 heteroatoms. The highest BCUT2D eigenvalue weighted by Crippen LogP contribution is 2.29. The zero-order chi connectivity index (χ0) is 13.3. The van der Waals surface area contributed by atoms with Crippen LogP contribution in [-0.4, -0.2) is 12.6 Å². The van der Waals surface area contributed by atoms with E-state index in [-0.39, 0.29) is 11.4 Å². The van der Waals surface area contributed by atoms with Gasteiger partial charge in [-0.25, -0.2) is 4.79 Å². The molecule has 0 radical (unpaired) electrons. The summed E-state index contributed by atoms with van der Waals surface area (Å²) in [6.45, 7) is 10.9. The summed E-state index contributed by atoms with van der Waals surface area (Å²) in [7, 11) is 0. The maximum Gasteiger partial charge on any atom is 0.346 e. The molecule has 0 saturated heterocycles. The highest BCUT2D eigenvalue weighted by molar-refractivity contribution is 5.69. The topological polar surface area (TPSA) is 44.8 Å². The minimum atomic E-state index is -0.382. The van der Waals surface area contributed by atoms with Gasteiger partial charge >= 0.3 is 5.97 Å². The van der Waals surface area contributed by atoms with Gasteiger partial charge in [0.25, 0.3) is 0 Å². The molecule has 0 amide bonds. The highest BCUT2D eigenvalue weighted by Gasteiger charge is 2.24. The molecule has 0 saturated carbocycles. The molecule has 17 heavy (non-hydrogen) atoms. The molecule has 0 rings (SSSR count). The van der Waals surface area contributed by atoms with Gasteiger partial charge in [0, 0.05) is 0 Å². The molecular formula is C13H26O4. The molecule has 0 unspecified atom stereocenters. The van der Waals surface area contributed by atoms with Crippen molar-refractivity contribution in [2.45, 2.75) is 60.3 Å². The molecule has 102 valence electrons. The lowest BCUT2D eigenvalue weighted by molar-refractivity contribution is -0.486. The van der Waals surface area contributed by atoms with Crippen molar-refractivity contribution in [3.05, 3.63) is 0 Å². The van der Waals surface area contributed by atoms with E-state index >= 15 is 0 Å². The molecule has 0 aliphatic heterocycles. The predicted octanol–water partition coefficient (Wildman–Crippen LogP) is 3.66. The Morgan fingerprint density at radius 3 is 2.47 bits per heavy atom. The molecule has 0 aromatic heterocycles. The van der Waals surface area contributed by atoms with E-state index in [2.05, 4.69) is 23.8 Å². The molecular weight excluding hydrogens is 220 g/mol. The molecule has 0 aromatic rings. The van der Waals surface area contributed by atoms with E-state index in [4.69, 9.17) is 4.89 Å².